The summed E-state index contributed by atoms with van der Waals surface area (Å²) in [5.74, 6) is 0.749. The maximum absolute atomic E-state index is 5.97. The van der Waals surface area contributed by atoms with E-state index in [4.69, 9.17) is 11.6 Å². The summed E-state index contributed by atoms with van der Waals surface area (Å²) in [5.41, 5.74) is 1.41. The molecule has 1 rings (SSSR count). The second kappa shape index (κ2) is 12.1. The molecule has 0 bridgehead atoms. The van der Waals surface area contributed by atoms with Crippen LogP contribution in [0.4, 0.5) is 0 Å². The SMILES string of the molecule is CCCCCCCC(CNCCC)Cc1ccc(Cl)cc1. The van der Waals surface area contributed by atoms with Crippen LogP contribution in [-0.4, -0.2) is 13.1 Å². The highest BCUT2D eigenvalue weighted by Gasteiger charge is 2.09. The molecule has 0 spiro atoms. The van der Waals surface area contributed by atoms with E-state index in [0.717, 1.165) is 24.0 Å². The first-order chi connectivity index (χ1) is 10.3. The van der Waals surface area contributed by atoms with E-state index in [1.807, 2.05) is 12.1 Å². The molecular weight excluding hydrogens is 278 g/mol. The number of hydrogen-bond donors (Lipinski definition) is 1. The first-order valence-electron chi connectivity index (χ1n) is 8.71. The van der Waals surface area contributed by atoms with E-state index in [2.05, 4.69) is 31.3 Å². The summed E-state index contributed by atoms with van der Waals surface area (Å²) in [5, 5.41) is 4.43. The van der Waals surface area contributed by atoms with Gasteiger partial charge in [0, 0.05) is 5.02 Å². The van der Waals surface area contributed by atoms with Gasteiger partial charge in [0.1, 0.15) is 0 Å². The van der Waals surface area contributed by atoms with Crippen molar-refractivity contribution in [2.24, 2.45) is 5.92 Å². The monoisotopic (exact) mass is 309 g/mol. The molecule has 1 unspecified atom stereocenters. The van der Waals surface area contributed by atoms with Crippen molar-refractivity contribution < 1.29 is 0 Å². The Morgan fingerprint density at radius 2 is 1.67 bits per heavy atom. The Kier molecular flexibility index (Phi) is 10.6. The van der Waals surface area contributed by atoms with Gasteiger partial charge in [-0.2, -0.15) is 0 Å². The van der Waals surface area contributed by atoms with Crippen LogP contribution in [0.15, 0.2) is 24.3 Å². The van der Waals surface area contributed by atoms with Gasteiger partial charge in [-0.1, -0.05) is 69.7 Å². The van der Waals surface area contributed by atoms with Gasteiger partial charge in [0.05, 0.1) is 0 Å². The van der Waals surface area contributed by atoms with Gasteiger partial charge in [-0.05, 0) is 56.0 Å². The summed E-state index contributed by atoms with van der Waals surface area (Å²) in [7, 11) is 0. The standard InChI is InChI=1S/C19H32ClN/c1-3-5-6-7-8-9-18(16-21-14-4-2)15-17-10-12-19(20)13-11-17/h10-13,18,21H,3-9,14-16H2,1-2H3. The zero-order valence-electron chi connectivity index (χ0n) is 13.8. The zero-order valence-corrected chi connectivity index (χ0v) is 14.6. The lowest BCUT2D eigenvalue weighted by molar-refractivity contribution is 0.420. The van der Waals surface area contributed by atoms with Gasteiger partial charge in [-0.3, -0.25) is 0 Å². The predicted octanol–water partition coefficient (Wildman–Crippen LogP) is 5.86. The van der Waals surface area contributed by atoms with Crippen molar-refractivity contribution in [2.45, 2.75) is 65.2 Å². The van der Waals surface area contributed by atoms with Gasteiger partial charge in [0.25, 0.3) is 0 Å². The van der Waals surface area contributed by atoms with Crippen LogP contribution in [-0.2, 0) is 6.42 Å². The first-order valence-corrected chi connectivity index (χ1v) is 9.09. The van der Waals surface area contributed by atoms with E-state index in [1.165, 1.54) is 56.9 Å². The summed E-state index contributed by atoms with van der Waals surface area (Å²) in [6, 6.07) is 8.36. The van der Waals surface area contributed by atoms with Crippen molar-refractivity contribution in [1.82, 2.24) is 5.32 Å². The highest BCUT2D eigenvalue weighted by molar-refractivity contribution is 6.30. The zero-order chi connectivity index (χ0) is 15.3. The average molecular weight is 310 g/mol. The minimum absolute atomic E-state index is 0.749. The Morgan fingerprint density at radius 1 is 0.952 bits per heavy atom. The molecule has 0 aromatic heterocycles. The third-order valence-corrected chi connectivity index (χ3v) is 4.27. The minimum atomic E-state index is 0.749. The first kappa shape index (κ1) is 18.5. The molecule has 120 valence electrons. The third kappa shape index (κ3) is 9.16. The number of nitrogens with one attached hydrogen (secondary N) is 1. The van der Waals surface area contributed by atoms with Crippen molar-refractivity contribution in [2.75, 3.05) is 13.1 Å². The van der Waals surface area contributed by atoms with Crippen LogP contribution in [0.25, 0.3) is 0 Å². The molecule has 1 atom stereocenters. The predicted molar refractivity (Wildman–Crippen MR) is 95.2 cm³/mol. The van der Waals surface area contributed by atoms with Crippen LogP contribution >= 0.6 is 11.6 Å². The molecule has 0 amide bonds. The fourth-order valence-electron chi connectivity index (χ4n) is 2.75. The molecule has 0 saturated carbocycles. The number of unbranched alkanes of at least 4 members (excludes halogenated alkanes) is 4. The van der Waals surface area contributed by atoms with Gasteiger partial charge in [-0.25, -0.2) is 0 Å². The van der Waals surface area contributed by atoms with Crippen LogP contribution < -0.4 is 5.32 Å². The molecule has 1 nitrogen and oxygen atoms in total. The fraction of sp³-hybridized carbons (Fsp3) is 0.684. The average Bonchev–Trinajstić information content (AvgIpc) is 2.49. The van der Waals surface area contributed by atoms with Crippen molar-refractivity contribution in [3.05, 3.63) is 34.9 Å². The van der Waals surface area contributed by atoms with Gasteiger partial charge >= 0.3 is 0 Å². The minimum Gasteiger partial charge on any atom is -0.316 e. The molecule has 1 aromatic carbocycles. The largest absolute Gasteiger partial charge is 0.316 e. The van der Waals surface area contributed by atoms with Crippen molar-refractivity contribution in [1.29, 1.82) is 0 Å². The molecule has 0 radical (unpaired) electrons. The quantitative estimate of drug-likeness (QED) is 0.477. The molecule has 1 aromatic rings. The Bertz CT molecular complexity index is 347. The van der Waals surface area contributed by atoms with Gasteiger partial charge in [0.15, 0.2) is 0 Å². The topological polar surface area (TPSA) is 12.0 Å². The van der Waals surface area contributed by atoms with E-state index >= 15 is 0 Å². The van der Waals surface area contributed by atoms with Crippen LogP contribution in [0.3, 0.4) is 0 Å². The molecule has 0 aliphatic carbocycles. The Balaban J connectivity index is 2.37. The van der Waals surface area contributed by atoms with Gasteiger partial charge in [0.2, 0.25) is 0 Å². The molecule has 2 heteroatoms. The second-order valence-corrected chi connectivity index (χ2v) is 6.54. The van der Waals surface area contributed by atoms with E-state index in [-0.39, 0.29) is 0 Å². The lowest BCUT2D eigenvalue weighted by Crippen LogP contribution is -2.25. The molecule has 1 N–H and O–H groups in total. The van der Waals surface area contributed by atoms with E-state index < -0.39 is 0 Å². The van der Waals surface area contributed by atoms with Crippen LogP contribution in [0.5, 0.6) is 0 Å². The lowest BCUT2D eigenvalue weighted by atomic mass is 9.93. The fourth-order valence-corrected chi connectivity index (χ4v) is 2.88. The van der Waals surface area contributed by atoms with Crippen LogP contribution in [0, 0.1) is 5.92 Å². The van der Waals surface area contributed by atoms with Crippen molar-refractivity contribution in [3.63, 3.8) is 0 Å². The van der Waals surface area contributed by atoms with E-state index in [1.54, 1.807) is 0 Å². The molecule has 0 aliphatic rings. The molecule has 0 heterocycles. The summed E-state index contributed by atoms with van der Waals surface area (Å²) in [6.07, 6.45) is 10.6. The number of hydrogen-bond acceptors (Lipinski definition) is 1. The van der Waals surface area contributed by atoms with Gasteiger partial charge in [-0.15, -0.1) is 0 Å². The summed E-state index contributed by atoms with van der Waals surface area (Å²) in [6.45, 7) is 6.78. The summed E-state index contributed by atoms with van der Waals surface area (Å²) >= 11 is 5.97. The number of benzene rings is 1. The smallest absolute Gasteiger partial charge is 0.0406 e. The third-order valence-electron chi connectivity index (χ3n) is 4.01. The van der Waals surface area contributed by atoms with Crippen LogP contribution in [0.2, 0.25) is 5.02 Å². The molecule has 21 heavy (non-hydrogen) atoms. The lowest BCUT2D eigenvalue weighted by Gasteiger charge is -2.18. The Hall–Kier alpha value is -0.530. The number of rotatable bonds is 12. The van der Waals surface area contributed by atoms with E-state index in [0.29, 0.717) is 0 Å². The Morgan fingerprint density at radius 3 is 2.33 bits per heavy atom. The molecule has 0 fully saturated rings. The maximum atomic E-state index is 5.97. The van der Waals surface area contributed by atoms with E-state index in [9.17, 15) is 0 Å². The molecule has 0 saturated heterocycles. The van der Waals surface area contributed by atoms with Crippen molar-refractivity contribution in [3.8, 4) is 0 Å². The normalized spacial score (nSPS) is 12.5. The number of halogens is 1. The highest BCUT2D eigenvalue weighted by atomic mass is 35.5. The maximum Gasteiger partial charge on any atom is 0.0406 e. The highest BCUT2D eigenvalue weighted by Crippen LogP contribution is 2.18. The summed E-state index contributed by atoms with van der Waals surface area (Å²) < 4.78 is 0. The van der Waals surface area contributed by atoms with Crippen LogP contribution in [0.1, 0.15) is 64.4 Å². The Labute approximate surface area is 136 Å². The van der Waals surface area contributed by atoms with Gasteiger partial charge < -0.3 is 5.32 Å². The van der Waals surface area contributed by atoms with Crippen molar-refractivity contribution >= 4 is 11.6 Å². The molecular formula is C19H32ClN. The molecule has 0 aliphatic heterocycles. The summed E-state index contributed by atoms with van der Waals surface area (Å²) in [4.78, 5) is 0. The second-order valence-electron chi connectivity index (χ2n) is 6.10.